The van der Waals surface area contributed by atoms with E-state index in [-0.39, 0.29) is 18.0 Å². The number of benzene rings is 1. The fraction of sp³-hybridized carbons (Fsp3) is 0.280. The highest BCUT2D eigenvalue weighted by atomic mass is 32.2. The number of aromatic nitrogens is 4. The van der Waals surface area contributed by atoms with E-state index in [2.05, 4.69) is 19.9 Å². The van der Waals surface area contributed by atoms with Crippen LogP contribution >= 0.6 is 0 Å². The number of hydrogen-bond donors (Lipinski definition) is 1. The van der Waals surface area contributed by atoms with Gasteiger partial charge in [-0.05, 0) is 18.2 Å². The van der Waals surface area contributed by atoms with Gasteiger partial charge in [-0.2, -0.15) is 13.3 Å². The first-order chi connectivity index (χ1) is 17.5. The highest BCUT2D eigenvalue weighted by molar-refractivity contribution is 7.91. The number of alkyl halides is 2. The van der Waals surface area contributed by atoms with Crippen LogP contribution in [-0.4, -0.2) is 60.9 Å². The number of hydrogen-bond acceptors (Lipinski definition) is 7. The lowest BCUT2D eigenvalue weighted by molar-refractivity contribution is -0.0505. The summed E-state index contributed by atoms with van der Waals surface area (Å²) < 4.78 is 42.4. The monoisotopic (exact) mass is 510 g/mol. The number of Topliss-reactive ketones (excluding diaryl/α,β-unsaturated/α-hetero) is 1. The van der Waals surface area contributed by atoms with Gasteiger partial charge in [-0.3, -0.25) is 4.79 Å². The van der Waals surface area contributed by atoms with Crippen molar-refractivity contribution in [1.82, 2.24) is 19.4 Å². The molecule has 0 unspecified atom stereocenters. The van der Waals surface area contributed by atoms with Crippen molar-refractivity contribution in [3.8, 4) is 16.9 Å². The summed E-state index contributed by atoms with van der Waals surface area (Å²) in [6, 6.07) is 10.3. The zero-order valence-corrected chi connectivity index (χ0v) is 19.9. The topological polar surface area (TPSA) is 92.8 Å². The Morgan fingerprint density at radius 3 is 2.56 bits per heavy atom. The minimum Gasteiger partial charge on any atom is -0.435 e. The predicted octanol–water partition coefficient (Wildman–Crippen LogP) is 4.02. The molecule has 1 saturated heterocycles. The summed E-state index contributed by atoms with van der Waals surface area (Å²) in [5.41, 5.74) is 3.76. The maximum absolute atomic E-state index is 13.0. The Kier molecular flexibility index (Phi) is 5.81. The largest absolute Gasteiger partial charge is 0.435 e. The van der Waals surface area contributed by atoms with Crippen molar-refractivity contribution in [1.29, 1.82) is 0 Å². The number of ketones is 1. The molecule has 184 valence electrons. The summed E-state index contributed by atoms with van der Waals surface area (Å²) in [5.74, 6) is 1.53. The standard InChI is InChI=1S/C25H22F2N5O3S/c26-24(27)35-20-4-2-1-3-17(20)18-11-19(33)22-23(18)32-14-15(5-6-21(32)30-22)16-12-28-25(29-13-16)31-7-9-36(34)10-8-31/h1-6,12-14,18,24,34H,7-11H2/q+1/t18-/m1/s1. The van der Waals surface area contributed by atoms with Crippen molar-refractivity contribution in [3.63, 3.8) is 0 Å². The van der Waals surface area contributed by atoms with E-state index >= 15 is 0 Å². The third-order valence-corrected chi connectivity index (χ3v) is 7.91. The number of carbonyl (C=O) groups excluding carboxylic acids is 1. The Balaban J connectivity index is 1.36. The average Bonchev–Trinajstić information content (AvgIpc) is 3.42. The van der Waals surface area contributed by atoms with Gasteiger partial charge in [0.2, 0.25) is 5.95 Å². The van der Waals surface area contributed by atoms with Gasteiger partial charge in [0, 0.05) is 47.6 Å². The first-order valence-corrected chi connectivity index (χ1v) is 13.0. The molecule has 1 fully saturated rings. The van der Waals surface area contributed by atoms with Gasteiger partial charge in [0.25, 0.3) is 0 Å². The second-order valence-corrected chi connectivity index (χ2v) is 10.5. The van der Waals surface area contributed by atoms with Gasteiger partial charge < -0.3 is 14.0 Å². The van der Waals surface area contributed by atoms with Gasteiger partial charge in [-0.15, -0.1) is 0 Å². The van der Waals surface area contributed by atoms with Gasteiger partial charge in [0.15, 0.2) is 17.3 Å². The first-order valence-electron chi connectivity index (χ1n) is 11.5. The molecule has 36 heavy (non-hydrogen) atoms. The number of rotatable bonds is 5. The van der Waals surface area contributed by atoms with Crippen molar-refractivity contribution >= 4 is 28.6 Å². The molecule has 8 nitrogen and oxygen atoms in total. The van der Waals surface area contributed by atoms with Gasteiger partial charge in [-0.1, -0.05) is 18.2 Å². The van der Waals surface area contributed by atoms with Crippen LogP contribution in [0.15, 0.2) is 55.0 Å². The van der Waals surface area contributed by atoms with Crippen LogP contribution in [0.5, 0.6) is 5.75 Å². The van der Waals surface area contributed by atoms with E-state index in [0.717, 1.165) is 35.7 Å². The van der Waals surface area contributed by atoms with E-state index in [0.29, 0.717) is 28.5 Å². The number of fused-ring (bicyclic) bond motifs is 3. The summed E-state index contributed by atoms with van der Waals surface area (Å²) in [5, 5.41) is 0. The van der Waals surface area contributed by atoms with Crippen LogP contribution in [0.3, 0.4) is 0 Å². The molecule has 0 spiro atoms. The lowest BCUT2D eigenvalue weighted by atomic mass is 9.95. The number of carbonyl (C=O) groups is 1. The second-order valence-electron chi connectivity index (χ2n) is 8.72. The van der Waals surface area contributed by atoms with Crippen LogP contribution in [-0.2, 0) is 11.2 Å². The quantitative estimate of drug-likeness (QED) is 0.406. The van der Waals surface area contributed by atoms with Crippen LogP contribution in [0.4, 0.5) is 14.7 Å². The number of pyridine rings is 1. The Morgan fingerprint density at radius 1 is 1.06 bits per heavy atom. The third kappa shape index (κ3) is 4.07. The number of nitrogens with zero attached hydrogens (tertiary/aromatic N) is 5. The third-order valence-electron chi connectivity index (χ3n) is 6.60. The molecule has 0 saturated carbocycles. The fourth-order valence-electron chi connectivity index (χ4n) is 4.86. The molecule has 4 heterocycles. The minimum atomic E-state index is -2.96. The number of imidazole rings is 1. The molecule has 1 aromatic carbocycles. The predicted molar refractivity (Wildman–Crippen MR) is 132 cm³/mol. The Morgan fingerprint density at radius 2 is 1.81 bits per heavy atom. The molecule has 2 aliphatic rings. The number of halogens is 2. The number of ether oxygens (including phenoxy) is 1. The van der Waals surface area contributed by atoms with Crippen molar-refractivity contribution in [2.45, 2.75) is 19.0 Å². The Labute approximate surface area is 208 Å². The zero-order chi connectivity index (χ0) is 24.8. The van der Waals surface area contributed by atoms with E-state index in [1.807, 2.05) is 22.7 Å². The highest BCUT2D eigenvalue weighted by Crippen LogP contribution is 2.42. The fourth-order valence-corrected chi connectivity index (χ4v) is 5.92. The van der Waals surface area contributed by atoms with Crippen LogP contribution in [0, 0.1) is 0 Å². The van der Waals surface area contributed by atoms with Crippen molar-refractivity contribution in [2.24, 2.45) is 0 Å². The maximum atomic E-state index is 13.0. The summed E-state index contributed by atoms with van der Waals surface area (Å²) in [7, 11) is 0. The van der Waals surface area contributed by atoms with Crippen LogP contribution in [0.2, 0.25) is 0 Å². The number of para-hydroxylation sites is 1. The Bertz CT molecular complexity index is 1440. The Hall–Kier alpha value is -3.57. The normalized spacial score (nSPS) is 18.3. The summed E-state index contributed by atoms with van der Waals surface area (Å²) in [4.78, 5) is 28.4. The zero-order valence-electron chi connectivity index (χ0n) is 19.1. The molecule has 1 N–H and O–H groups in total. The average molecular weight is 511 g/mol. The second kappa shape index (κ2) is 9.14. The lowest BCUT2D eigenvalue weighted by Crippen LogP contribution is -2.41. The van der Waals surface area contributed by atoms with E-state index < -0.39 is 23.7 Å². The molecule has 11 heteroatoms. The molecule has 6 rings (SSSR count). The molecule has 0 amide bonds. The van der Waals surface area contributed by atoms with Crippen molar-refractivity contribution in [3.05, 3.63) is 71.9 Å². The molecule has 4 aromatic rings. The van der Waals surface area contributed by atoms with Crippen LogP contribution < -0.4 is 9.64 Å². The number of anilines is 1. The van der Waals surface area contributed by atoms with Crippen molar-refractivity contribution in [2.75, 3.05) is 29.5 Å². The summed E-state index contributed by atoms with van der Waals surface area (Å²) >= 11 is -0.528. The van der Waals surface area contributed by atoms with Crippen molar-refractivity contribution < 1.29 is 22.9 Å². The van der Waals surface area contributed by atoms with Gasteiger partial charge in [0.1, 0.15) is 28.3 Å². The summed E-state index contributed by atoms with van der Waals surface area (Å²) in [6.07, 6.45) is 5.52. The SMILES string of the molecule is O=C1C[C@H](c2ccccc2OC(F)F)c2c1nc1ccc(-c3cnc(N4CC[S+](O)CC4)nc3)cn21. The van der Waals surface area contributed by atoms with E-state index in [1.54, 1.807) is 30.6 Å². The first kappa shape index (κ1) is 22.9. The summed E-state index contributed by atoms with van der Waals surface area (Å²) in [6.45, 7) is -1.52. The van der Waals surface area contributed by atoms with Crippen LogP contribution in [0.1, 0.15) is 34.1 Å². The van der Waals surface area contributed by atoms with Gasteiger partial charge in [-0.25, -0.2) is 15.0 Å². The minimum absolute atomic E-state index is 0.0546. The molecule has 0 bridgehead atoms. The highest BCUT2D eigenvalue weighted by Gasteiger charge is 2.37. The molecule has 1 aliphatic carbocycles. The molecule has 1 aliphatic heterocycles. The van der Waals surface area contributed by atoms with Gasteiger partial charge in [0.05, 0.1) is 18.8 Å². The molecule has 1 atom stereocenters. The van der Waals surface area contributed by atoms with E-state index in [4.69, 9.17) is 4.74 Å². The lowest BCUT2D eigenvalue weighted by Gasteiger charge is -2.24. The molecular weight excluding hydrogens is 488 g/mol. The van der Waals surface area contributed by atoms with E-state index in [9.17, 15) is 18.1 Å². The molecular formula is C25H22F2N5O3S+. The van der Waals surface area contributed by atoms with Crippen LogP contribution in [0.25, 0.3) is 16.8 Å². The smallest absolute Gasteiger partial charge is 0.387 e. The maximum Gasteiger partial charge on any atom is 0.387 e. The van der Waals surface area contributed by atoms with E-state index in [1.165, 1.54) is 6.07 Å². The molecule has 3 aromatic heterocycles. The molecule has 0 radical (unpaired) electrons. The van der Waals surface area contributed by atoms with Gasteiger partial charge >= 0.3 is 6.61 Å².